The molecule has 0 spiro atoms. The van der Waals surface area contributed by atoms with E-state index in [2.05, 4.69) is 9.83 Å². The number of hydrogen-bond acceptors (Lipinski definition) is 3. The van der Waals surface area contributed by atoms with Crippen molar-refractivity contribution in [3.63, 3.8) is 0 Å². The van der Waals surface area contributed by atoms with Gasteiger partial charge in [-0.3, -0.25) is 9.79 Å². The van der Waals surface area contributed by atoms with E-state index in [-0.39, 0.29) is 18.0 Å². The van der Waals surface area contributed by atoms with Crippen molar-refractivity contribution in [1.82, 2.24) is 9.88 Å². The van der Waals surface area contributed by atoms with Gasteiger partial charge in [0.2, 0.25) is 0 Å². The van der Waals surface area contributed by atoms with E-state index < -0.39 is 14.8 Å². The van der Waals surface area contributed by atoms with Gasteiger partial charge in [-0.05, 0) is 38.1 Å². The molecule has 1 heterocycles. The quantitative estimate of drug-likeness (QED) is 0.582. The van der Waals surface area contributed by atoms with Crippen molar-refractivity contribution < 1.29 is 23.0 Å². The fourth-order valence-corrected chi connectivity index (χ4v) is 2.43. The van der Waals surface area contributed by atoms with Crippen molar-refractivity contribution in [1.29, 1.82) is 0 Å². The molecule has 21 heavy (non-hydrogen) atoms. The molecule has 0 amide bonds. The van der Waals surface area contributed by atoms with Gasteiger partial charge >= 0.3 is 7.82 Å². The molecule has 112 valence electrons. The molecular formula is C13H16N3O4P. The molecule has 0 radical (unpaired) electrons. The third-order valence-electron chi connectivity index (χ3n) is 2.87. The Hall–Kier alpha value is -1.84. The summed E-state index contributed by atoms with van der Waals surface area (Å²) in [5, 5.41) is 0.421. The summed E-state index contributed by atoms with van der Waals surface area (Å²) in [5.74, 6) is -0.111. The summed E-state index contributed by atoms with van der Waals surface area (Å²) in [7, 11) is -3.34. The van der Waals surface area contributed by atoms with Gasteiger partial charge in [0.05, 0.1) is 6.57 Å². The highest BCUT2D eigenvalue weighted by Gasteiger charge is 2.20. The molecule has 0 aliphatic carbocycles. The molecule has 1 aromatic carbocycles. The fraction of sp³-hybridized carbons (Fsp3) is 0.308. The zero-order valence-electron chi connectivity index (χ0n) is 14.2. The zero-order valence-corrected chi connectivity index (χ0v) is 12.1. The molecule has 0 aliphatic heterocycles. The summed E-state index contributed by atoms with van der Waals surface area (Å²) in [6, 6.07) is 2.78. The van der Waals surface area contributed by atoms with Gasteiger partial charge in [-0.2, -0.15) is 0 Å². The third kappa shape index (κ3) is 3.84. The van der Waals surface area contributed by atoms with Crippen molar-refractivity contribution in [3.8, 4) is 5.75 Å². The third-order valence-corrected chi connectivity index (χ3v) is 3.31. The Kier molecular flexibility index (Phi) is 3.30. The zero-order chi connectivity index (χ0) is 18.1. The van der Waals surface area contributed by atoms with Crippen molar-refractivity contribution >= 4 is 24.4 Å². The van der Waals surface area contributed by atoms with Crippen LogP contribution in [0.2, 0.25) is 0 Å². The first-order valence-electron chi connectivity index (χ1n) is 7.49. The van der Waals surface area contributed by atoms with Crippen LogP contribution in [-0.2, 0) is 11.0 Å². The van der Waals surface area contributed by atoms with Crippen LogP contribution in [0.1, 0.15) is 9.68 Å². The Morgan fingerprint density at radius 1 is 1.57 bits per heavy atom. The summed E-state index contributed by atoms with van der Waals surface area (Å²) in [5.41, 5.74) is 1.29. The molecule has 3 N–H and O–H groups in total. The van der Waals surface area contributed by atoms with E-state index >= 15 is 0 Å². The van der Waals surface area contributed by atoms with Crippen molar-refractivity contribution in [2.45, 2.75) is 6.42 Å². The van der Waals surface area contributed by atoms with E-state index in [1.165, 1.54) is 24.1 Å². The SMILES string of the molecule is [2H]C([2H])([2H])N(C)CCc1c[nH]c2cc([N+]#[C-])cc(OP(=O)(O)O)c12. The molecule has 2 aromatic rings. The lowest BCUT2D eigenvalue weighted by Gasteiger charge is -2.12. The summed E-state index contributed by atoms with van der Waals surface area (Å²) in [6.45, 7) is 5.04. The summed E-state index contributed by atoms with van der Waals surface area (Å²) < 4.78 is 37.9. The van der Waals surface area contributed by atoms with E-state index in [0.717, 1.165) is 0 Å². The number of rotatable bonds is 5. The summed E-state index contributed by atoms with van der Waals surface area (Å²) in [6.07, 6.45) is 1.93. The number of nitrogens with one attached hydrogen (secondary N) is 1. The Balaban J connectivity index is 2.42. The highest BCUT2D eigenvalue weighted by molar-refractivity contribution is 7.46. The maximum atomic E-state index is 11.2. The standard InChI is InChI=1S/C13H16N3O4P/c1-14-10-6-11-13(12(7-10)20-21(17,18)19)9(8-15-11)4-5-16(2)3/h6-8,15H,4-5H2,2-3H3,(H2,17,18,19)/i2D3. The number of H-pyrrole nitrogens is 1. The number of aromatic amines is 1. The van der Waals surface area contributed by atoms with E-state index in [1.54, 1.807) is 6.20 Å². The van der Waals surface area contributed by atoms with Crippen molar-refractivity contribution in [2.24, 2.45) is 0 Å². The van der Waals surface area contributed by atoms with Crippen LogP contribution in [0.5, 0.6) is 5.75 Å². The Morgan fingerprint density at radius 3 is 2.95 bits per heavy atom. The predicted molar refractivity (Wildman–Crippen MR) is 79.5 cm³/mol. The number of nitrogens with zero attached hydrogens (tertiary/aromatic N) is 2. The molecule has 0 aliphatic rings. The van der Waals surface area contributed by atoms with Crippen molar-refractivity contribution in [3.05, 3.63) is 35.3 Å². The molecular weight excluding hydrogens is 293 g/mol. The van der Waals surface area contributed by atoms with Gasteiger partial charge in [0.1, 0.15) is 5.75 Å². The smallest absolute Gasteiger partial charge is 0.405 e. The number of phosphoric acid groups is 1. The van der Waals surface area contributed by atoms with Gasteiger partial charge in [0.15, 0.2) is 5.69 Å². The van der Waals surface area contributed by atoms with Gasteiger partial charge in [-0.1, -0.05) is 0 Å². The van der Waals surface area contributed by atoms with Crippen LogP contribution in [0.15, 0.2) is 18.3 Å². The second kappa shape index (κ2) is 5.88. The molecule has 0 bridgehead atoms. The number of hydrogen-bond donors (Lipinski definition) is 3. The number of benzene rings is 1. The lowest BCUT2D eigenvalue weighted by Crippen LogP contribution is -2.14. The molecule has 0 atom stereocenters. The monoisotopic (exact) mass is 312 g/mol. The average molecular weight is 312 g/mol. The lowest BCUT2D eigenvalue weighted by molar-refractivity contribution is 0.284. The highest BCUT2D eigenvalue weighted by Crippen LogP contribution is 2.43. The second-order valence-electron chi connectivity index (χ2n) is 4.55. The lowest BCUT2D eigenvalue weighted by atomic mass is 10.1. The van der Waals surface area contributed by atoms with Crippen molar-refractivity contribution in [2.75, 3.05) is 20.6 Å². The first kappa shape index (κ1) is 11.8. The number of likely N-dealkylation sites (N-methyl/N-ethyl adjacent to an activating group) is 1. The van der Waals surface area contributed by atoms with Crippen LogP contribution in [-0.4, -0.2) is 40.2 Å². The summed E-state index contributed by atoms with van der Waals surface area (Å²) >= 11 is 0. The van der Waals surface area contributed by atoms with Gasteiger partial charge < -0.3 is 14.4 Å². The van der Waals surface area contributed by atoms with E-state index in [1.807, 2.05) is 0 Å². The Bertz CT molecular complexity index is 837. The normalized spacial score (nSPS) is 14.5. The van der Waals surface area contributed by atoms with Crippen LogP contribution < -0.4 is 4.52 Å². The van der Waals surface area contributed by atoms with Gasteiger partial charge in [-0.25, -0.2) is 9.41 Å². The second-order valence-corrected chi connectivity index (χ2v) is 5.71. The van der Waals surface area contributed by atoms with Crippen LogP contribution in [0, 0.1) is 6.57 Å². The fourth-order valence-electron chi connectivity index (χ4n) is 2.03. The number of phosphoric ester groups is 1. The Labute approximate surface area is 126 Å². The molecule has 1 aromatic heterocycles. The molecule has 2 rings (SSSR count). The van der Waals surface area contributed by atoms with E-state index in [9.17, 15) is 4.57 Å². The van der Waals surface area contributed by atoms with Crippen LogP contribution >= 0.6 is 7.82 Å². The molecule has 0 saturated heterocycles. The first-order chi connectivity index (χ1) is 11.0. The predicted octanol–water partition coefficient (Wildman–Crippen LogP) is 2.29. The highest BCUT2D eigenvalue weighted by atomic mass is 31.2. The van der Waals surface area contributed by atoms with Gasteiger partial charge in [0, 0.05) is 27.8 Å². The van der Waals surface area contributed by atoms with Crippen LogP contribution in [0.4, 0.5) is 5.69 Å². The van der Waals surface area contributed by atoms with E-state index in [0.29, 0.717) is 22.9 Å². The molecule has 8 heteroatoms. The van der Waals surface area contributed by atoms with Crippen LogP contribution in [0.3, 0.4) is 0 Å². The minimum Gasteiger partial charge on any atom is -0.405 e. The number of fused-ring (bicyclic) bond motifs is 1. The maximum Gasteiger partial charge on any atom is 0.524 e. The minimum atomic E-state index is -4.80. The van der Waals surface area contributed by atoms with Gasteiger partial charge in [0.25, 0.3) is 0 Å². The Morgan fingerprint density at radius 2 is 2.33 bits per heavy atom. The summed E-state index contributed by atoms with van der Waals surface area (Å²) in [4.78, 5) is 25.5. The largest absolute Gasteiger partial charge is 0.524 e. The van der Waals surface area contributed by atoms with E-state index in [4.69, 9.17) is 25.0 Å². The average Bonchev–Trinajstić information content (AvgIpc) is 2.85. The van der Waals surface area contributed by atoms with Crippen LogP contribution in [0.25, 0.3) is 15.7 Å². The maximum absolute atomic E-state index is 11.2. The topological polar surface area (TPSA) is 90.2 Å². The molecule has 0 fully saturated rings. The molecule has 7 nitrogen and oxygen atoms in total. The first-order valence-corrected chi connectivity index (χ1v) is 7.52. The van der Waals surface area contributed by atoms with Gasteiger partial charge in [-0.15, -0.1) is 0 Å². The molecule has 0 saturated carbocycles. The minimum absolute atomic E-state index is 0.111. The number of aromatic nitrogens is 1. The molecule has 0 unspecified atom stereocenters.